The lowest BCUT2D eigenvalue weighted by molar-refractivity contribution is 0.248. The van der Waals surface area contributed by atoms with E-state index in [4.69, 9.17) is 28.3 Å². The van der Waals surface area contributed by atoms with Gasteiger partial charge in [0.25, 0.3) is 0 Å². The molecular weight excluding hydrogens is 147 g/mol. The molecule has 0 saturated heterocycles. The van der Waals surface area contributed by atoms with E-state index in [9.17, 15) is 0 Å². The van der Waals surface area contributed by atoms with Gasteiger partial charge in [0, 0.05) is 6.61 Å². The molecule has 0 aliphatic heterocycles. The average molecular weight is 159 g/mol. The van der Waals surface area contributed by atoms with Gasteiger partial charge in [-0.1, -0.05) is 13.8 Å². The summed E-state index contributed by atoms with van der Waals surface area (Å²) in [7, 11) is 0. The lowest BCUT2D eigenvalue weighted by Gasteiger charge is -1.90. The van der Waals surface area contributed by atoms with Crippen molar-refractivity contribution >= 4 is 23.2 Å². The molecule has 0 radical (unpaired) electrons. The summed E-state index contributed by atoms with van der Waals surface area (Å²) >= 11 is 9.53. The third kappa shape index (κ3) is 31.1. The normalized spacial score (nSPS) is 8.25. The van der Waals surface area contributed by atoms with Crippen LogP contribution in [0.1, 0.15) is 13.8 Å². The van der Waals surface area contributed by atoms with E-state index in [1.165, 1.54) is 0 Å². The Hall–Kier alpha value is 0.540. The summed E-state index contributed by atoms with van der Waals surface area (Å²) in [5.41, 5.74) is 0. The number of halogens is 2. The lowest BCUT2D eigenvalue weighted by atomic mass is 10.2. The predicted molar refractivity (Wildman–Crippen MR) is 38.5 cm³/mol. The summed E-state index contributed by atoms with van der Waals surface area (Å²) < 4.78 is 0. The fourth-order valence-electron chi connectivity index (χ4n) is 0. The van der Waals surface area contributed by atoms with Crippen LogP contribution in [0.15, 0.2) is 0 Å². The smallest absolute Gasteiger partial charge is 0.0967 e. The number of hydrogen-bond acceptors (Lipinski definition) is 1. The van der Waals surface area contributed by atoms with E-state index in [2.05, 4.69) is 0 Å². The van der Waals surface area contributed by atoms with Crippen LogP contribution in [-0.2, 0) is 0 Å². The van der Waals surface area contributed by atoms with Crippen molar-refractivity contribution < 1.29 is 5.11 Å². The van der Waals surface area contributed by atoms with E-state index in [1.807, 2.05) is 13.8 Å². The third-order valence-corrected chi connectivity index (χ3v) is 0.365. The zero-order chi connectivity index (χ0) is 6.99. The van der Waals surface area contributed by atoms with Crippen molar-refractivity contribution in [3.63, 3.8) is 0 Å². The Morgan fingerprint density at radius 1 is 1.38 bits per heavy atom. The van der Waals surface area contributed by atoms with Crippen LogP contribution in [0.3, 0.4) is 0 Å². The SMILES string of the molecule is CC(C)CO.ClCCl. The largest absolute Gasteiger partial charge is 0.396 e. The van der Waals surface area contributed by atoms with Crippen molar-refractivity contribution in [3.05, 3.63) is 0 Å². The van der Waals surface area contributed by atoms with E-state index in [-0.39, 0.29) is 5.34 Å². The molecule has 0 unspecified atom stereocenters. The number of aliphatic hydroxyl groups excluding tert-OH is 1. The summed E-state index contributed by atoms with van der Waals surface area (Å²) in [6.45, 7) is 4.25. The van der Waals surface area contributed by atoms with Crippen molar-refractivity contribution in [1.82, 2.24) is 0 Å². The molecule has 8 heavy (non-hydrogen) atoms. The molecule has 0 aliphatic carbocycles. The molecule has 52 valence electrons. The summed E-state index contributed by atoms with van der Waals surface area (Å²) in [5.74, 6) is 0.440. The fraction of sp³-hybridized carbons (Fsp3) is 1.00. The Morgan fingerprint density at radius 2 is 1.50 bits per heavy atom. The minimum absolute atomic E-state index is 0.194. The summed E-state index contributed by atoms with van der Waals surface area (Å²) in [5, 5.41) is 8.34. The summed E-state index contributed by atoms with van der Waals surface area (Å²) in [6, 6.07) is 0. The van der Waals surface area contributed by atoms with Crippen molar-refractivity contribution in [1.29, 1.82) is 0 Å². The highest BCUT2D eigenvalue weighted by atomic mass is 35.5. The van der Waals surface area contributed by atoms with Gasteiger partial charge < -0.3 is 5.11 Å². The topological polar surface area (TPSA) is 20.2 Å². The molecule has 0 aliphatic rings. The van der Waals surface area contributed by atoms with Gasteiger partial charge in [0.05, 0.1) is 5.34 Å². The summed E-state index contributed by atoms with van der Waals surface area (Å²) in [6.07, 6.45) is 0. The Morgan fingerprint density at radius 3 is 1.50 bits per heavy atom. The number of aliphatic hydroxyl groups is 1. The maximum atomic E-state index is 8.14. The first-order valence-corrected chi connectivity index (χ1v) is 3.48. The van der Waals surface area contributed by atoms with Gasteiger partial charge in [0.1, 0.15) is 0 Å². The van der Waals surface area contributed by atoms with Crippen LogP contribution in [0.4, 0.5) is 0 Å². The highest BCUT2D eigenvalue weighted by Gasteiger charge is 1.81. The maximum absolute atomic E-state index is 8.14. The van der Waals surface area contributed by atoms with E-state index in [1.54, 1.807) is 0 Å². The Labute approximate surface area is 60.6 Å². The van der Waals surface area contributed by atoms with Gasteiger partial charge in [0.15, 0.2) is 0 Å². The van der Waals surface area contributed by atoms with Gasteiger partial charge in [-0.15, -0.1) is 23.2 Å². The van der Waals surface area contributed by atoms with Gasteiger partial charge in [-0.2, -0.15) is 0 Å². The molecule has 0 bridgehead atoms. The second kappa shape index (κ2) is 10.5. The third-order valence-electron chi connectivity index (χ3n) is 0.365. The summed E-state index contributed by atoms with van der Waals surface area (Å²) in [4.78, 5) is 0. The van der Waals surface area contributed by atoms with Crippen molar-refractivity contribution in [2.75, 3.05) is 11.9 Å². The second-order valence-electron chi connectivity index (χ2n) is 1.68. The second-order valence-corrected chi connectivity index (χ2v) is 2.49. The van der Waals surface area contributed by atoms with Gasteiger partial charge in [-0.25, -0.2) is 0 Å². The first kappa shape index (κ1) is 11.4. The number of rotatable bonds is 1. The van der Waals surface area contributed by atoms with Gasteiger partial charge >= 0.3 is 0 Å². The monoisotopic (exact) mass is 158 g/mol. The Balaban J connectivity index is 0. The standard InChI is InChI=1S/C4H10O.CH2Cl2/c1-4(2)3-5;2-1-3/h4-5H,3H2,1-2H3;1H2. The molecule has 1 nitrogen and oxygen atoms in total. The molecule has 0 heterocycles. The molecule has 0 fully saturated rings. The molecule has 0 rings (SSSR count). The highest BCUT2D eigenvalue weighted by molar-refractivity contribution is 6.40. The van der Waals surface area contributed by atoms with Crippen LogP contribution in [-0.4, -0.2) is 17.1 Å². The van der Waals surface area contributed by atoms with Crippen molar-refractivity contribution in [2.24, 2.45) is 5.92 Å². The Kier molecular flexibility index (Phi) is 14.9. The van der Waals surface area contributed by atoms with E-state index >= 15 is 0 Å². The molecule has 0 aromatic rings. The first-order chi connectivity index (χ1) is 3.68. The lowest BCUT2D eigenvalue weighted by Crippen LogP contribution is -1.90. The Bertz CT molecular complexity index is 31.6. The minimum atomic E-state index is 0.194. The number of alkyl halides is 2. The van der Waals surface area contributed by atoms with Crippen LogP contribution in [0, 0.1) is 5.92 Å². The van der Waals surface area contributed by atoms with Crippen LogP contribution in [0.2, 0.25) is 0 Å². The van der Waals surface area contributed by atoms with E-state index < -0.39 is 0 Å². The average Bonchev–Trinajstić information content (AvgIpc) is 1.69. The van der Waals surface area contributed by atoms with E-state index in [0.717, 1.165) is 0 Å². The van der Waals surface area contributed by atoms with Gasteiger partial charge in [-0.3, -0.25) is 0 Å². The van der Waals surface area contributed by atoms with Crippen molar-refractivity contribution in [2.45, 2.75) is 13.8 Å². The molecule has 1 N–H and O–H groups in total. The van der Waals surface area contributed by atoms with Gasteiger partial charge in [-0.05, 0) is 5.92 Å². The molecule has 0 saturated carbocycles. The fourth-order valence-corrected chi connectivity index (χ4v) is 0. The molecular formula is C5H12Cl2O. The molecule has 0 spiro atoms. The van der Waals surface area contributed by atoms with Crippen LogP contribution >= 0.6 is 23.2 Å². The quantitative estimate of drug-likeness (QED) is 0.580. The van der Waals surface area contributed by atoms with Crippen molar-refractivity contribution in [3.8, 4) is 0 Å². The zero-order valence-corrected chi connectivity index (χ0v) is 6.71. The van der Waals surface area contributed by atoms with Gasteiger partial charge in [0.2, 0.25) is 0 Å². The van der Waals surface area contributed by atoms with Crippen LogP contribution < -0.4 is 0 Å². The molecule has 0 atom stereocenters. The van der Waals surface area contributed by atoms with Crippen LogP contribution in [0.25, 0.3) is 0 Å². The molecule has 0 aromatic carbocycles. The molecule has 0 amide bonds. The zero-order valence-electron chi connectivity index (χ0n) is 5.19. The molecule has 0 aromatic heterocycles. The molecule has 3 heteroatoms. The predicted octanol–water partition coefficient (Wildman–Crippen LogP) is 2.06. The number of hydrogen-bond donors (Lipinski definition) is 1. The van der Waals surface area contributed by atoms with Crippen LogP contribution in [0.5, 0.6) is 0 Å². The van der Waals surface area contributed by atoms with E-state index in [0.29, 0.717) is 12.5 Å². The first-order valence-electron chi connectivity index (χ1n) is 2.41. The highest BCUT2D eigenvalue weighted by Crippen LogP contribution is 1.83. The maximum Gasteiger partial charge on any atom is 0.0967 e. The minimum Gasteiger partial charge on any atom is -0.396 e.